The molecule has 0 aromatic heterocycles. The summed E-state index contributed by atoms with van der Waals surface area (Å²) in [4.78, 5) is 12.1. The molecule has 2 heterocycles. The summed E-state index contributed by atoms with van der Waals surface area (Å²) in [7, 11) is -4.04. The van der Waals surface area contributed by atoms with E-state index in [1.165, 1.54) is 77.4 Å². The van der Waals surface area contributed by atoms with Crippen molar-refractivity contribution >= 4 is 53.5 Å². The van der Waals surface area contributed by atoms with E-state index in [1.54, 1.807) is 0 Å². The Hall–Kier alpha value is -7.99. The highest BCUT2D eigenvalue weighted by Gasteiger charge is 2.43. The Morgan fingerprint density at radius 2 is 0.718 bits per heavy atom. The number of rotatable bonds is 12. The molecule has 0 amide bonds. The Morgan fingerprint density at radius 1 is 0.341 bits per heavy atom. The van der Waals surface area contributed by atoms with Gasteiger partial charge in [0.15, 0.2) is 31.9 Å². The Bertz CT molecular complexity index is 3990. The normalized spacial score (nSPS) is 12.5. The molecule has 0 aliphatic carbocycles. The number of fused-ring (bicyclic) bond motifs is 4. The first kappa shape index (κ1) is 58.8. The molecule has 0 N–H and O–H groups in total. The third kappa shape index (κ3) is 11.5. The lowest BCUT2D eigenvalue weighted by atomic mass is 9.94. The van der Waals surface area contributed by atoms with Crippen LogP contribution in [-0.4, -0.2) is 7.32 Å². The van der Waals surface area contributed by atoms with Gasteiger partial charge in [-0.15, -0.1) is 0 Å². The zero-order valence-corrected chi connectivity index (χ0v) is 45.9. The number of hydrogen-bond acceptors (Lipinski definition) is 6. The van der Waals surface area contributed by atoms with Crippen LogP contribution in [0.15, 0.2) is 208 Å². The van der Waals surface area contributed by atoms with E-state index >= 15 is 0 Å². The van der Waals surface area contributed by atoms with Crippen LogP contribution in [0.4, 0.5) is 65.9 Å². The molecule has 0 saturated heterocycles. The van der Waals surface area contributed by atoms with Crippen molar-refractivity contribution in [1.29, 1.82) is 0 Å². The summed E-state index contributed by atoms with van der Waals surface area (Å²) >= 11 is 5.66. The summed E-state index contributed by atoms with van der Waals surface area (Å²) in [5, 5.41) is 0. The topological polar surface area (TPSA) is 27.7 Å². The third-order valence-corrected chi connectivity index (χ3v) is 18.8. The quantitative estimate of drug-likeness (QED) is 0.0398. The van der Waals surface area contributed by atoms with Gasteiger partial charge in [-0.25, -0.2) is 39.5 Å². The molecule has 10 aromatic rings. The number of halogens is 15. The molecule has 0 radical (unpaired) electrons. The standard InChI is InChI=1S/C44H31S4.C18BF15O3/c1-3-11-30(12-4-1)44-38-29-32-14-8-10-18-40(32)47-42(38)25-26-43(44)48(36-15-5-2-6-16-36)37-22-19-34(20-23-37)45-35-21-24-41-33(28-35)27-31-13-7-9-17-39(31)46-41;20-1-4(23)10(29)16(11(30)5(1)24)35-19(36-17-12(31)6(25)2(21)7(26)13(17)32)37-18-14(33)8(27)3(22)9(28)15(18)34/h1-26,28H,27,29H2;/q+1;. The van der Waals surface area contributed by atoms with Crippen LogP contribution in [0.2, 0.25) is 0 Å². The maximum Gasteiger partial charge on any atom is 0.864 e. The number of benzene rings is 10. The average molecular weight is 1250 g/mol. The minimum Gasteiger partial charge on any atom is -0.484 e. The lowest BCUT2D eigenvalue weighted by Crippen LogP contribution is -2.39. The molecular weight excluding hydrogens is 1220 g/mol. The van der Waals surface area contributed by atoms with Crippen molar-refractivity contribution < 1.29 is 79.8 Å². The smallest absolute Gasteiger partial charge is 0.484 e. The van der Waals surface area contributed by atoms with E-state index in [0.29, 0.717) is 0 Å². The van der Waals surface area contributed by atoms with Gasteiger partial charge in [0.2, 0.25) is 87.3 Å². The first-order chi connectivity index (χ1) is 40.9. The minimum atomic E-state index is -3.75. The molecule has 0 saturated carbocycles. The van der Waals surface area contributed by atoms with Crippen LogP contribution in [0.1, 0.15) is 22.3 Å². The maximum atomic E-state index is 13.9. The summed E-state index contributed by atoms with van der Waals surface area (Å²) < 4.78 is 216. The second-order valence-electron chi connectivity index (χ2n) is 18.4. The summed E-state index contributed by atoms with van der Waals surface area (Å²) in [6.07, 6.45) is 1.95. The van der Waals surface area contributed by atoms with E-state index < -0.39 is 112 Å². The van der Waals surface area contributed by atoms with E-state index in [-0.39, 0.29) is 10.9 Å². The lowest BCUT2D eigenvalue weighted by Gasteiger charge is -2.23. The first-order valence-corrected chi connectivity index (χ1v) is 28.5. The van der Waals surface area contributed by atoms with Crippen LogP contribution in [0.25, 0.3) is 11.1 Å². The van der Waals surface area contributed by atoms with Gasteiger partial charge in [-0.05, 0) is 113 Å². The Labute approximate surface area is 489 Å². The molecule has 3 nitrogen and oxygen atoms in total. The van der Waals surface area contributed by atoms with E-state index in [9.17, 15) is 65.9 Å². The van der Waals surface area contributed by atoms with Crippen molar-refractivity contribution in [2.24, 2.45) is 0 Å². The fourth-order valence-corrected chi connectivity index (χ4v) is 14.4. The van der Waals surface area contributed by atoms with E-state index in [1.807, 2.05) is 35.3 Å². The van der Waals surface area contributed by atoms with Gasteiger partial charge in [0.25, 0.3) is 0 Å². The van der Waals surface area contributed by atoms with Crippen molar-refractivity contribution in [2.45, 2.75) is 56.9 Å². The SMILES string of the molecule is Fc1c(F)c(F)c(OB(Oc2c(F)c(F)c(F)c(F)c2F)Oc2c(F)c(F)c(F)c(F)c2F)c(F)c1F.c1ccc(-c2c([S+](c3ccccc3)c3ccc(Sc4ccc5c(c4)Cc4ccccc4S5)cc3)ccc3c2Cc2ccccc2S3)cc1. The fraction of sp³-hybridized carbons (Fsp3) is 0.0323. The highest BCUT2D eigenvalue weighted by atomic mass is 32.2. The monoisotopic (exact) mass is 1250 g/mol. The average Bonchev–Trinajstić information content (AvgIpc) is 2.19. The van der Waals surface area contributed by atoms with Crippen molar-refractivity contribution in [3.05, 3.63) is 273 Å². The predicted molar refractivity (Wildman–Crippen MR) is 291 cm³/mol. The largest absolute Gasteiger partial charge is 0.864 e. The first-order valence-electron chi connectivity index (χ1n) is 24.9. The molecule has 1 atom stereocenters. The van der Waals surface area contributed by atoms with Crippen LogP contribution >= 0.6 is 35.3 Å². The van der Waals surface area contributed by atoms with Crippen molar-refractivity contribution in [3.8, 4) is 28.4 Å². The van der Waals surface area contributed by atoms with Crippen LogP contribution in [0, 0.1) is 87.3 Å². The minimum absolute atomic E-state index is 0.282. The molecule has 0 fully saturated rings. The molecule has 428 valence electrons. The highest BCUT2D eigenvalue weighted by Crippen LogP contribution is 2.49. The Kier molecular flexibility index (Phi) is 17.0. The van der Waals surface area contributed by atoms with E-state index in [4.69, 9.17) is 0 Å². The molecule has 0 spiro atoms. The van der Waals surface area contributed by atoms with Crippen LogP contribution in [0.3, 0.4) is 0 Å². The van der Waals surface area contributed by atoms with Gasteiger partial charge in [0.1, 0.15) is 0 Å². The molecule has 0 bridgehead atoms. The Morgan fingerprint density at radius 3 is 1.21 bits per heavy atom. The Balaban J connectivity index is 0.000000184. The van der Waals surface area contributed by atoms with E-state index in [0.717, 1.165) is 12.8 Å². The molecule has 10 aromatic carbocycles. The van der Waals surface area contributed by atoms with Crippen LogP contribution < -0.4 is 14.0 Å². The van der Waals surface area contributed by atoms with Gasteiger partial charge >= 0.3 is 7.32 Å². The van der Waals surface area contributed by atoms with Gasteiger partial charge in [-0.1, -0.05) is 120 Å². The molecule has 2 aliphatic rings. The van der Waals surface area contributed by atoms with Crippen molar-refractivity contribution in [3.63, 3.8) is 0 Å². The second kappa shape index (κ2) is 24.5. The summed E-state index contributed by atoms with van der Waals surface area (Å²) in [6, 6.07) is 60.9. The third-order valence-electron chi connectivity index (χ3n) is 13.1. The molecule has 85 heavy (non-hydrogen) atoms. The van der Waals surface area contributed by atoms with Crippen molar-refractivity contribution in [1.82, 2.24) is 0 Å². The van der Waals surface area contributed by atoms with E-state index in [2.05, 4.69) is 178 Å². The maximum absolute atomic E-state index is 13.9. The molecule has 2 aliphatic heterocycles. The lowest BCUT2D eigenvalue weighted by molar-refractivity contribution is 0.247. The van der Waals surface area contributed by atoms with Gasteiger partial charge < -0.3 is 14.0 Å². The summed E-state index contributed by atoms with van der Waals surface area (Å²) in [5.41, 5.74) is 8.38. The molecule has 1 unspecified atom stereocenters. The van der Waals surface area contributed by atoms with Crippen molar-refractivity contribution in [2.75, 3.05) is 0 Å². The summed E-state index contributed by atoms with van der Waals surface area (Å²) in [5.74, 6) is -50.0. The second-order valence-corrected chi connectivity index (χ2v) is 23.7. The van der Waals surface area contributed by atoms with Crippen LogP contribution in [0.5, 0.6) is 17.2 Å². The molecular formula is C62H31BF15O3S4+. The highest BCUT2D eigenvalue weighted by molar-refractivity contribution is 8.00. The fourth-order valence-electron chi connectivity index (χ4n) is 9.11. The van der Waals surface area contributed by atoms with Gasteiger partial charge in [0.05, 0.1) is 10.9 Å². The van der Waals surface area contributed by atoms with Gasteiger partial charge in [-0.3, -0.25) is 0 Å². The molecule has 12 rings (SSSR count). The van der Waals surface area contributed by atoms with Gasteiger partial charge in [0, 0.05) is 41.4 Å². The molecule has 23 heteroatoms. The summed E-state index contributed by atoms with van der Waals surface area (Å²) in [6.45, 7) is 0. The van der Waals surface area contributed by atoms with Gasteiger partial charge in [-0.2, -0.15) is 26.3 Å². The zero-order chi connectivity index (χ0) is 60.0. The predicted octanol–water partition coefficient (Wildman–Crippen LogP) is 19.0. The van der Waals surface area contributed by atoms with Crippen LogP contribution in [-0.2, 0) is 23.7 Å². The zero-order valence-electron chi connectivity index (χ0n) is 42.6. The number of hydrogen-bond donors (Lipinski definition) is 0.